The Hall–Kier alpha value is -4.01. The molecule has 154 valence electrons. The highest BCUT2D eigenvalue weighted by atomic mass is 16.2. The third kappa shape index (κ3) is 4.35. The van der Waals surface area contributed by atoms with E-state index in [1.165, 1.54) is 6.07 Å². The molecule has 0 fully saturated rings. The lowest BCUT2D eigenvalue weighted by Gasteiger charge is -2.12. The average molecular weight is 407 g/mol. The summed E-state index contributed by atoms with van der Waals surface area (Å²) >= 11 is 0. The van der Waals surface area contributed by atoms with Gasteiger partial charge in [0.15, 0.2) is 5.69 Å². The molecule has 2 aromatic carbocycles. The third-order valence-corrected chi connectivity index (χ3v) is 4.72. The molecule has 0 aliphatic heterocycles. The van der Waals surface area contributed by atoms with Gasteiger partial charge in [-0.2, -0.15) is 5.10 Å². The van der Waals surface area contributed by atoms with Crippen LogP contribution in [0.4, 0.5) is 5.69 Å². The van der Waals surface area contributed by atoms with Gasteiger partial charge in [0.1, 0.15) is 6.54 Å². The number of nitrogens with zero attached hydrogens (tertiary/aromatic N) is 2. The van der Waals surface area contributed by atoms with Crippen molar-refractivity contribution in [3.8, 4) is 0 Å². The zero-order chi connectivity index (χ0) is 21.8. The van der Waals surface area contributed by atoms with Crippen LogP contribution in [0.3, 0.4) is 0 Å². The van der Waals surface area contributed by atoms with Crippen molar-refractivity contribution >= 4 is 34.2 Å². The van der Waals surface area contributed by atoms with Crippen LogP contribution in [-0.4, -0.2) is 34.0 Å². The van der Waals surface area contributed by atoms with Gasteiger partial charge in [0.05, 0.1) is 11.9 Å². The van der Waals surface area contributed by atoms with Crippen LogP contribution in [0.5, 0.6) is 0 Å². The number of anilines is 1. The molecular weight excluding hydrogens is 386 g/mol. The highest BCUT2D eigenvalue weighted by molar-refractivity contribution is 6.04. The molecular formula is C21H21N5O4. The Morgan fingerprint density at radius 3 is 2.40 bits per heavy atom. The SMILES string of the molecule is Cc1cccc(NC(=O)CNC(=O)Cn2nc(C(N)=O)c3ccccc3c2=O)c1C. The van der Waals surface area contributed by atoms with E-state index in [-0.39, 0.29) is 17.6 Å². The van der Waals surface area contributed by atoms with Crippen molar-refractivity contribution in [1.82, 2.24) is 15.1 Å². The van der Waals surface area contributed by atoms with Gasteiger partial charge in [-0.1, -0.05) is 30.3 Å². The summed E-state index contributed by atoms with van der Waals surface area (Å²) in [5.74, 6) is -1.83. The van der Waals surface area contributed by atoms with Crippen LogP contribution in [0.2, 0.25) is 0 Å². The predicted octanol–water partition coefficient (Wildman–Crippen LogP) is 0.867. The Labute approximate surface area is 171 Å². The van der Waals surface area contributed by atoms with E-state index < -0.39 is 29.8 Å². The molecule has 3 rings (SSSR count). The minimum Gasteiger partial charge on any atom is -0.364 e. The van der Waals surface area contributed by atoms with Crippen molar-refractivity contribution in [1.29, 1.82) is 0 Å². The summed E-state index contributed by atoms with van der Waals surface area (Å²) < 4.78 is 0.861. The molecule has 0 aliphatic carbocycles. The lowest BCUT2D eigenvalue weighted by molar-refractivity contribution is -0.124. The Bertz CT molecular complexity index is 1220. The fourth-order valence-electron chi connectivity index (χ4n) is 2.98. The smallest absolute Gasteiger partial charge is 0.275 e. The minimum atomic E-state index is -0.812. The fraction of sp³-hybridized carbons (Fsp3) is 0.190. The van der Waals surface area contributed by atoms with Gasteiger partial charge in [0.25, 0.3) is 11.5 Å². The molecule has 30 heavy (non-hydrogen) atoms. The second-order valence-corrected chi connectivity index (χ2v) is 6.79. The van der Waals surface area contributed by atoms with Crippen molar-refractivity contribution in [2.75, 3.05) is 11.9 Å². The van der Waals surface area contributed by atoms with Crippen LogP contribution >= 0.6 is 0 Å². The second-order valence-electron chi connectivity index (χ2n) is 6.79. The molecule has 0 unspecified atom stereocenters. The van der Waals surface area contributed by atoms with Crippen molar-refractivity contribution in [2.24, 2.45) is 5.73 Å². The number of amides is 3. The molecule has 4 N–H and O–H groups in total. The first kappa shape index (κ1) is 20.7. The number of aromatic nitrogens is 2. The normalized spacial score (nSPS) is 10.6. The highest BCUT2D eigenvalue weighted by Gasteiger charge is 2.16. The molecule has 9 heteroatoms. The summed E-state index contributed by atoms with van der Waals surface area (Å²) in [6.45, 7) is 3.08. The van der Waals surface area contributed by atoms with Crippen LogP contribution in [0.25, 0.3) is 10.8 Å². The number of nitrogens with one attached hydrogen (secondary N) is 2. The summed E-state index contributed by atoms with van der Waals surface area (Å²) in [6.07, 6.45) is 0. The number of hydrogen-bond acceptors (Lipinski definition) is 5. The number of hydrogen-bond donors (Lipinski definition) is 3. The molecule has 1 aromatic heterocycles. The molecule has 9 nitrogen and oxygen atoms in total. The second kappa shape index (κ2) is 8.56. The Morgan fingerprint density at radius 1 is 1.00 bits per heavy atom. The van der Waals surface area contributed by atoms with Gasteiger partial charge in [0, 0.05) is 11.1 Å². The quantitative estimate of drug-likeness (QED) is 0.557. The van der Waals surface area contributed by atoms with E-state index in [9.17, 15) is 19.2 Å². The van der Waals surface area contributed by atoms with Crippen molar-refractivity contribution < 1.29 is 14.4 Å². The summed E-state index contributed by atoms with van der Waals surface area (Å²) in [5.41, 5.74) is 7.34. The fourth-order valence-corrected chi connectivity index (χ4v) is 2.98. The average Bonchev–Trinajstić information content (AvgIpc) is 2.72. The minimum absolute atomic E-state index is 0.106. The van der Waals surface area contributed by atoms with Gasteiger partial charge < -0.3 is 16.4 Å². The molecule has 3 aromatic rings. The monoisotopic (exact) mass is 407 g/mol. The van der Waals surface area contributed by atoms with E-state index in [2.05, 4.69) is 15.7 Å². The number of carbonyl (C=O) groups excluding carboxylic acids is 3. The lowest BCUT2D eigenvalue weighted by Crippen LogP contribution is -2.38. The topological polar surface area (TPSA) is 136 Å². The molecule has 0 bridgehead atoms. The molecule has 0 spiro atoms. The summed E-state index contributed by atoms with van der Waals surface area (Å²) in [6, 6.07) is 11.9. The largest absolute Gasteiger partial charge is 0.364 e. The van der Waals surface area contributed by atoms with Gasteiger partial charge in [-0.05, 0) is 37.1 Å². The van der Waals surface area contributed by atoms with Gasteiger partial charge >= 0.3 is 0 Å². The first-order valence-electron chi connectivity index (χ1n) is 9.20. The summed E-state index contributed by atoms with van der Waals surface area (Å²) in [4.78, 5) is 48.7. The van der Waals surface area contributed by atoms with Crippen LogP contribution < -0.4 is 21.9 Å². The van der Waals surface area contributed by atoms with Crippen LogP contribution in [0.15, 0.2) is 47.3 Å². The maximum atomic E-state index is 12.6. The van der Waals surface area contributed by atoms with Gasteiger partial charge in [0.2, 0.25) is 11.8 Å². The number of fused-ring (bicyclic) bond motifs is 1. The van der Waals surface area contributed by atoms with E-state index in [1.807, 2.05) is 26.0 Å². The molecule has 3 amide bonds. The number of aryl methyl sites for hydroxylation is 1. The third-order valence-electron chi connectivity index (χ3n) is 4.72. The molecule has 0 aliphatic rings. The predicted molar refractivity (Wildman–Crippen MR) is 112 cm³/mol. The van der Waals surface area contributed by atoms with E-state index in [4.69, 9.17) is 5.73 Å². The summed E-state index contributed by atoms with van der Waals surface area (Å²) in [5, 5.41) is 9.64. The maximum Gasteiger partial charge on any atom is 0.275 e. The van der Waals surface area contributed by atoms with Gasteiger partial charge in [-0.3, -0.25) is 19.2 Å². The number of rotatable bonds is 6. The van der Waals surface area contributed by atoms with Crippen molar-refractivity contribution in [3.05, 3.63) is 69.6 Å². The zero-order valence-corrected chi connectivity index (χ0v) is 16.6. The summed E-state index contributed by atoms with van der Waals surface area (Å²) in [7, 11) is 0. The molecule has 0 saturated carbocycles. The standard InChI is InChI=1S/C21H21N5O4/c1-12-6-5-9-16(13(12)2)24-17(27)10-23-18(28)11-26-21(30)15-8-4-3-7-14(15)19(25-26)20(22)29/h3-9H,10-11H2,1-2H3,(H2,22,29)(H,23,28)(H,24,27). The van der Waals surface area contributed by atoms with Crippen molar-refractivity contribution in [2.45, 2.75) is 20.4 Å². The van der Waals surface area contributed by atoms with E-state index >= 15 is 0 Å². The molecule has 0 radical (unpaired) electrons. The number of benzene rings is 2. The number of primary amides is 1. The number of nitrogens with two attached hydrogens (primary N) is 1. The van der Waals surface area contributed by atoms with E-state index in [0.29, 0.717) is 11.1 Å². The maximum absolute atomic E-state index is 12.6. The van der Waals surface area contributed by atoms with E-state index in [1.54, 1.807) is 24.3 Å². The molecule has 1 heterocycles. The van der Waals surface area contributed by atoms with Gasteiger partial charge in [-0.15, -0.1) is 0 Å². The van der Waals surface area contributed by atoms with Gasteiger partial charge in [-0.25, -0.2) is 4.68 Å². The van der Waals surface area contributed by atoms with Crippen LogP contribution in [0, 0.1) is 13.8 Å². The lowest BCUT2D eigenvalue weighted by atomic mass is 10.1. The first-order valence-corrected chi connectivity index (χ1v) is 9.20. The molecule has 0 atom stereocenters. The zero-order valence-electron chi connectivity index (χ0n) is 16.6. The first-order chi connectivity index (χ1) is 14.3. The number of carbonyl (C=O) groups is 3. The van der Waals surface area contributed by atoms with Crippen LogP contribution in [0.1, 0.15) is 21.6 Å². The van der Waals surface area contributed by atoms with E-state index in [0.717, 1.165) is 15.8 Å². The van der Waals surface area contributed by atoms with Crippen molar-refractivity contribution in [3.63, 3.8) is 0 Å². The Kier molecular flexibility index (Phi) is 5.91. The Balaban J connectivity index is 1.70. The van der Waals surface area contributed by atoms with Crippen LogP contribution in [-0.2, 0) is 16.1 Å². The highest BCUT2D eigenvalue weighted by Crippen LogP contribution is 2.17. The Morgan fingerprint density at radius 2 is 1.70 bits per heavy atom. The molecule has 0 saturated heterocycles.